The smallest absolute Gasteiger partial charge is 0.119 e. The Labute approximate surface area is 124 Å². The molecular formula is C17H30N2O. The number of nitrogens with two attached hydrogens (primary N) is 1. The predicted molar refractivity (Wildman–Crippen MR) is 86.1 cm³/mol. The molecule has 0 aliphatic heterocycles. The molecule has 2 N–H and O–H groups in total. The molecule has 0 radical (unpaired) electrons. The van der Waals surface area contributed by atoms with Gasteiger partial charge in [-0.3, -0.25) is 0 Å². The summed E-state index contributed by atoms with van der Waals surface area (Å²) in [5.74, 6) is 1.41. The number of hydrogen-bond donors (Lipinski definition) is 1. The van der Waals surface area contributed by atoms with Crippen molar-refractivity contribution in [2.24, 2.45) is 11.7 Å². The van der Waals surface area contributed by atoms with Crippen molar-refractivity contribution >= 4 is 0 Å². The first-order chi connectivity index (χ1) is 9.35. The number of ether oxygens (including phenoxy) is 1. The van der Waals surface area contributed by atoms with E-state index in [0.717, 1.165) is 24.2 Å². The van der Waals surface area contributed by atoms with Crippen molar-refractivity contribution in [3.63, 3.8) is 0 Å². The molecule has 0 saturated carbocycles. The summed E-state index contributed by atoms with van der Waals surface area (Å²) in [4.78, 5) is 2.24. The first kappa shape index (κ1) is 17.0. The first-order valence-electron chi connectivity index (χ1n) is 7.45. The third kappa shape index (κ3) is 3.74. The van der Waals surface area contributed by atoms with Crippen molar-refractivity contribution in [3.05, 3.63) is 29.8 Å². The molecule has 0 fully saturated rings. The van der Waals surface area contributed by atoms with Gasteiger partial charge in [-0.05, 0) is 50.6 Å². The summed E-state index contributed by atoms with van der Waals surface area (Å²) in [6.45, 7) is 6.65. The fourth-order valence-corrected chi connectivity index (χ4v) is 3.22. The summed E-state index contributed by atoms with van der Waals surface area (Å²) in [7, 11) is 5.91. The van der Waals surface area contributed by atoms with E-state index >= 15 is 0 Å². The average molecular weight is 278 g/mol. The van der Waals surface area contributed by atoms with Gasteiger partial charge in [-0.1, -0.05) is 32.9 Å². The van der Waals surface area contributed by atoms with Gasteiger partial charge in [0.2, 0.25) is 0 Å². The van der Waals surface area contributed by atoms with Crippen LogP contribution in [-0.4, -0.2) is 32.1 Å². The van der Waals surface area contributed by atoms with Crippen LogP contribution in [0.4, 0.5) is 0 Å². The lowest BCUT2D eigenvalue weighted by Gasteiger charge is -2.42. The maximum absolute atomic E-state index is 6.90. The summed E-state index contributed by atoms with van der Waals surface area (Å²) < 4.78 is 5.36. The van der Waals surface area contributed by atoms with E-state index in [-0.39, 0.29) is 5.54 Å². The quantitative estimate of drug-likeness (QED) is 0.832. The molecule has 0 spiro atoms. The summed E-state index contributed by atoms with van der Waals surface area (Å²) in [6.07, 6.45) is 1.98. The molecule has 0 heterocycles. The highest BCUT2D eigenvalue weighted by Crippen LogP contribution is 2.34. The molecule has 0 aliphatic carbocycles. The van der Waals surface area contributed by atoms with Gasteiger partial charge in [0.05, 0.1) is 12.6 Å². The standard InChI is InChI=1S/C17H30N2O/c1-7-16(19(4)5)17(18,12-13(2)3)14-9-8-10-15(11-14)20-6/h8-11,13,16H,7,12,18H2,1-6H3. The molecule has 2 atom stereocenters. The van der Waals surface area contributed by atoms with Crippen LogP contribution >= 0.6 is 0 Å². The van der Waals surface area contributed by atoms with Crippen LogP contribution in [0.15, 0.2) is 24.3 Å². The van der Waals surface area contributed by atoms with E-state index < -0.39 is 0 Å². The monoisotopic (exact) mass is 278 g/mol. The molecule has 2 unspecified atom stereocenters. The Kier molecular flexibility index (Phi) is 6.03. The lowest BCUT2D eigenvalue weighted by Crippen LogP contribution is -2.54. The van der Waals surface area contributed by atoms with Gasteiger partial charge < -0.3 is 15.4 Å². The molecule has 114 valence electrons. The summed E-state index contributed by atoms with van der Waals surface area (Å²) >= 11 is 0. The van der Waals surface area contributed by atoms with E-state index in [4.69, 9.17) is 10.5 Å². The van der Waals surface area contributed by atoms with E-state index in [0.29, 0.717) is 12.0 Å². The number of rotatable bonds is 7. The molecule has 0 amide bonds. The van der Waals surface area contributed by atoms with Crippen LogP contribution in [0.5, 0.6) is 5.75 Å². The Balaban J connectivity index is 3.28. The largest absolute Gasteiger partial charge is 0.497 e. The molecule has 3 heteroatoms. The minimum Gasteiger partial charge on any atom is -0.497 e. The molecule has 20 heavy (non-hydrogen) atoms. The van der Waals surface area contributed by atoms with Gasteiger partial charge in [-0.2, -0.15) is 0 Å². The fourth-order valence-electron chi connectivity index (χ4n) is 3.22. The Morgan fingerprint density at radius 1 is 1.30 bits per heavy atom. The number of nitrogens with zero attached hydrogens (tertiary/aromatic N) is 1. The summed E-state index contributed by atoms with van der Waals surface area (Å²) in [6, 6.07) is 8.50. The zero-order chi connectivity index (χ0) is 15.3. The van der Waals surface area contributed by atoms with Crippen LogP contribution < -0.4 is 10.5 Å². The third-order valence-corrected chi connectivity index (χ3v) is 3.96. The normalized spacial score (nSPS) is 16.2. The Bertz CT molecular complexity index is 417. The van der Waals surface area contributed by atoms with Crippen molar-refractivity contribution in [1.29, 1.82) is 0 Å². The molecule has 0 bridgehead atoms. The van der Waals surface area contributed by atoms with Gasteiger partial charge in [0.1, 0.15) is 5.75 Å². The van der Waals surface area contributed by atoms with E-state index in [9.17, 15) is 0 Å². The lowest BCUT2D eigenvalue weighted by molar-refractivity contribution is 0.147. The zero-order valence-corrected chi connectivity index (χ0v) is 13.8. The minimum absolute atomic E-state index is 0.303. The summed E-state index contributed by atoms with van der Waals surface area (Å²) in [5.41, 5.74) is 7.70. The third-order valence-electron chi connectivity index (χ3n) is 3.96. The molecule has 1 aromatic carbocycles. The van der Waals surface area contributed by atoms with Crippen molar-refractivity contribution in [2.45, 2.75) is 45.2 Å². The van der Waals surface area contributed by atoms with Gasteiger partial charge in [0.15, 0.2) is 0 Å². The van der Waals surface area contributed by atoms with E-state index in [1.54, 1.807) is 7.11 Å². The average Bonchev–Trinajstić information content (AvgIpc) is 2.38. The van der Waals surface area contributed by atoms with Crippen LogP contribution in [0.3, 0.4) is 0 Å². The van der Waals surface area contributed by atoms with Gasteiger partial charge >= 0.3 is 0 Å². The SMILES string of the molecule is CCC(N(C)C)C(N)(CC(C)C)c1cccc(OC)c1. The number of hydrogen-bond acceptors (Lipinski definition) is 3. The van der Waals surface area contributed by atoms with Crippen molar-refractivity contribution < 1.29 is 4.74 Å². The molecule has 0 aliphatic rings. The summed E-state index contributed by atoms with van der Waals surface area (Å²) in [5, 5.41) is 0. The van der Waals surface area contributed by atoms with Gasteiger partial charge in [0.25, 0.3) is 0 Å². The van der Waals surface area contributed by atoms with Gasteiger partial charge in [0, 0.05) is 6.04 Å². The van der Waals surface area contributed by atoms with Gasteiger partial charge in [-0.25, -0.2) is 0 Å². The Hall–Kier alpha value is -1.06. The Morgan fingerprint density at radius 2 is 1.95 bits per heavy atom. The molecule has 0 saturated heterocycles. The van der Waals surface area contributed by atoms with Crippen LogP contribution in [0.2, 0.25) is 0 Å². The van der Waals surface area contributed by atoms with Crippen molar-refractivity contribution in [1.82, 2.24) is 4.90 Å². The van der Waals surface area contributed by atoms with Crippen molar-refractivity contribution in [2.75, 3.05) is 21.2 Å². The fraction of sp³-hybridized carbons (Fsp3) is 0.647. The first-order valence-corrected chi connectivity index (χ1v) is 7.45. The lowest BCUT2D eigenvalue weighted by atomic mass is 9.76. The predicted octanol–water partition coefficient (Wildman–Crippen LogP) is 3.24. The Morgan fingerprint density at radius 3 is 2.40 bits per heavy atom. The number of benzene rings is 1. The number of methoxy groups -OCH3 is 1. The van der Waals surface area contributed by atoms with Crippen LogP contribution in [0, 0.1) is 5.92 Å². The van der Waals surface area contributed by atoms with Crippen molar-refractivity contribution in [3.8, 4) is 5.75 Å². The zero-order valence-electron chi connectivity index (χ0n) is 13.8. The van der Waals surface area contributed by atoms with Crippen LogP contribution in [-0.2, 0) is 5.54 Å². The van der Waals surface area contributed by atoms with Crippen LogP contribution in [0.25, 0.3) is 0 Å². The van der Waals surface area contributed by atoms with E-state index in [2.05, 4.69) is 51.9 Å². The number of likely N-dealkylation sites (N-methyl/N-ethyl adjacent to an activating group) is 1. The highest BCUT2D eigenvalue weighted by Gasteiger charge is 2.37. The second kappa shape index (κ2) is 7.09. The molecule has 1 aromatic rings. The molecular weight excluding hydrogens is 248 g/mol. The van der Waals surface area contributed by atoms with Crippen LogP contribution in [0.1, 0.15) is 39.2 Å². The maximum atomic E-state index is 6.90. The second-order valence-corrected chi connectivity index (χ2v) is 6.26. The highest BCUT2D eigenvalue weighted by atomic mass is 16.5. The van der Waals surface area contributed by atoms with Gasteiger partial charge in [-0.15, -0.1) is 0 Å². The molecule has 3 nitrogen and oxygen atoms in total. The minimum atomic E-state index is -0.360. The molecule has 1 rings (SSSR count). The second-order valence-electron chi connectivity index (χ2n) is 6.26. The molecule has 0 aromatic heterocycles. The topological polar surface area (TPSA) is 38.5 Å². The highest BCUT2D eigenvalue weighted by molar-refractivity contribution is 5.34. The van der Waals surface area contributed by atoms with E-state index in [1.165, 1.54) is 0 Å². The van der Waals surface area contributed by atoms with E-state index in [1.807, 2.05) is 12.1 Å². The maximum Gasteiger partial charge on any atom is 0.119 e.